The van der Waals surface area contributed by atoms with Crippen molar-refractivity contribution < 1.29 is 19.1 Å². The number of rotatable bonds is 7. The zero-order chi connectivity index (χ0) is 20.0. The molecule has 6 nitrogen and oxygen atoms in total. The molecule has 2 N–H and O–H groups in total. The molecule has 2 aromatic rings. The third kappa shape index (κ3) is 5.17. The fourth-order valence-electron chi connectivity index (χ4n) is 2.65. The van der Waals surface area contributed by atoms with Gasteiger partial charge in [-0.1, -0.05) is 24.3 Å². The summed E-state index contributed by atoms with van der Waals surface area (Å²) in [7, 11) is 1.65. The number of amides is 2. The van der Waals surface area contributed by atoms with Crippen LogP contribution in [0.4, 0.5) is 0 Å². The van der Waals surface area contributed by atoms with Gasteiger partial charge >= 0.3 is 5.97 Å². The zero-order valence-corrected chi connectivity index (χ0v) is 15.8. The second-order valence-corrected chi connectivity index (χ2v) is 6.31. The van der Waals surface area contributed by atoms with Gasteiger partial charge in [0.25, 0.3) is 5.91 Å². The minimum absolute atomic E-state index is 0.118. The van der Waals surface area contributed by atoms with Crippen molar-refractivity contribution in [2.75, 3.05) is 13.7 Å². The van der Waals surface area contributed by atoms with Crippen LogP contribution in [0, 0.1) is 0 Å². The molecule has 2 aromatic carbocycles. The van der Waals surface area contributed by atoms with E-state index in [-0.39, 0.29) is 24.3 Å². The molecule has 0 aliphatic rings. The SMILES string of the molecule is CCOC(=O)c1ccc(-c2ccc(C(=O)N(C)C(C)CC(N)=O)cc2)cc1. The molecule has 1 unspecified atom stereocenters. The van der Waals surface area contributed by atoms with Gasteiger partial charge in [-0.3, -0.25) is 9.59 Å². The first-order valence-corrected chi connectivity index (χ1v) is 8.76. The van der Waals surface area contributed by atoms with Gasteiger partial charge in [0, 0.05) is 25.1 Å². The van der Waals surface area contributed by atoms with Gasteiger partial charge in [0.05, 0.1) is 12.2 Å². The van der Waals surface area contributed by atoms with Crippen LogP contribution in [0.5, 0.6) is 0 Å². The summed E-state index contributed by atoms with van der Waals surface area (Å²) in [6.07, 6.45) is 0.118. The smallest absolute Gasteiger partial charge is 0.338 e. The summed E-state index contributed by atoms with van der Waals surface area (Å²) in [5.74, 6) is -0.963. The summed E-state index contributed by atoms with van der Waals surface area (Å²) in [6, 6.07) is 14.0. The van der Waals surface area contributed by atoms with E-state index < -0.39 is 5.91 Å². The fourth-order valence-corrected chi connectivity index (χ4v) is 2.65. The molecule has 142 valence electrons. The number of esters is 1. The zero-order valence-electron chi connectivity index (χ0n) is 15.8. The minimum Gasteiger partial charge on any atom is -0.462 e. The van der Waals surface area contributed by atoms with E-state index in [4.69, 9.17) is 10.5 Å². The van der Waals surface area contributed by atoms with Gasteiger partial charge in [-0.05, 0) is 49.2 Å². The van der Waals surface area contributed by atoms with E-state index in [1.165, 1.54) is 4.90 Å². The lowest BCUT2D eigenvalue weighted by molar-refractivity contribution is -0.118. The lowest BCUT2D eigenvalue weighted by Crippen LogP contribution is -2.37. The Morgan fingerprint density at radius 1 is 0.963 bits per heavy atom. The molecule has 2 amide bonds. The largest absolute Gasteiger partial charge is 0.462 e. The van der Waals surface area contributed by atoms with E-state index in [2.05, 4.69) is 0 Å². The minimum atomic E-state index is -0.441. The second-order valence-electron chi connectivity index (χ2n) is 6.31. The van der Waals surface area contributed by atoms with Gasteiger partial charge in [0.1, 0.15) is 0 Å². The summed E-state index contributed by atoms with van der Waals surface area (Å²) in [5, 5.41) is 0. The molecule has 27 heavy (non-hydrogen) atoms. The molecule has 2 rings (SSSR count). The molecular weight excluding hydrogens is 344 g/mol. The molecule has 0 saturated heterocycles. The van der Waals surface area contributed by atoms with E-state index in [1.807, 2.05) is 24.3 Å². The van der Waals surface area contributed by atoms with Crippen molar-refractivity contribution in [3.63, 3.8) is 0 Å². The number of nitrogens with zero attached hydrogens (tertiary/aromatic N) is 1. The number of carbonyl (C=O) groups is 3. The van der Waals surface area contributed by atoms with Crippen LogP contribution in [0.15, 0.2) is 48.5 Å². The Labute approximate surface area is 158 Å². The molecule has 0 fully saturated rings. The van der Waals surface area contributed by atoms with Gasteiger partial charge in [-0.15, -0.1) is 0 Å². The fraction of sp³-hybridized carbons (Fsp3) is 0.286. The van der Waals surface area contributed by atoms with Crippen LogP contribution in [0.3, 0.4) is 0 Å². The number of ether oxygens (including phenoxy) is 1. The molecule has 0 heterocycles. The summed E-state index contributed by atoms with van der Waals surface area (Å²) in [6.45, 7) is 3.88. The quantitative estimate of drug-likeness (QED) is 0.761. The van der Waals surface area contributed by atoms with E-state index in [0.717, 1.165) is 11.1 Å². The number of hydrogen-bond acceptors (Lipinski definition) is 4. The van der Waals surface area contributed by atoms with Crippen molar-refractivity contribution >= 4 is 17.8 Å². The van der Waals surface area contributed by atoms with Crippen molar-refractivity contribution in [2.45, 2.75) is 26.3 Å². The second kappa shape index (κ2) is 8.98. The molecule has 0 bridgehead atoms. The molecule has 0 spiro atoms. The summed E-state index contributed by atoms with van der Waals surface area (Å²) in [5.41, 5.74) is 8.07. The van der Waals surface area contributed by atoms with Crippen LogP contribution in [0.25, 0.3) is 11.1 Å². The van der Waals surface area contributed by atoms with E-state index in [1.54, 1.807) is 45.2 Å². The van der Waals surface area contributed by atoms with Gasteiger partial charge in [0.15, 0.2) is 0 Å². The summed E-state index contributed by atoms with van der Waals surface area (Å²) < 4.78 is 4.97. The van der Waals surface area contributed by atoms with Crippen molar-refractivity contribution in [1.29, 1.82) is 0 Å². The van der Waals surface area contributed by atoms with Crippen LogP contribution < -0.4 is 5.73 Å². The highest BCUT2D eigenvalue weighted by atomic mass is 16.5. The first-order chi connectivity index (χ1) is 12.8. The van der Waals surface area contributed by atoms with E-state index in [0.29, 0.717) is 17.7 Å². The molecule has 1 atom stereocenters. The lowest BCUT2D eigenvalue weighted by atomic mass is 10.0. The van der Waals surface area contributed by atoms with Crippen molar-refractivity contribution in [3.05, 3.63) is 59.7 Å². The average Bonchev–Trinajstić information content (AvgIpc) is 2.66. The normalized spacial score (nSPS) is 11.5. The van der Waals surface area contributed by atoms with Crippen molar-refractivity contribution in [1.82, 2.24) is 4.90 Å². The van der Waals surface area contributed by atoms with E-state index in [9.17, 15) is 14.4 Å². The molecule has 0 radical (unpaired) electrons. The van der Waals surface area contributed by atoms with Crippen LogP contribution in [0.2, 0.25) is 0 Å². The highest BCUT2D eigenvalue weighted by Crippen LogP contribution is 2.21. The van der Waals surface area contributed by atoms with Crippen molar-refractivity contribution in [2.24, 2.45) is 5.73 Å². The molecule has 0 aromatic heterocycles. The summed E-state index contributed by atoms with van der Waals surface area (Å²) >= 11 is 0. The Bertz CT molecular complexity index is 813. The van der Waals surface area contributed by atoms with Gasteiger partial charge in [-0.25, -0.2) is 4.79 Å². The van der Waals surface area contributed by atoms with Crippen molar-refractivity contribution in [3.8, 4) is 11.1 Å². The first kappa shape index (κ1) is 20.2. The Kier molecular flexibility index (Phi) is 6.71. The molecule has 6 heteroatoms. The maximum Gasteiger partial charge on any atom is 0.338 e. The number of primary amides is 1. The third-order valence-electron chi connectivity index (χ3n) is 4.34. The highest BCUT2D eigenvalue weighted by Gasteiger charge is 2.19. The maximum atomic E-state index is 12.5. The highest BCUT2D eigenvalue weighted by molar-refractivity contribution is 5.95. The molecule has 0 aliphatic heterocycles. The Morgan fingerprint density at radius 2 is 1.44 bits per heavy atom. The van der Waals surface area contributed by atoms with E-state index >= 15 is 0 Å². The standard InChI is InChI=1S/C21H24N2O4/c1-4-27-21(26)18-11-7-16(8-12-18)15-5-9-17(10-6-15)20(25)23(3)14(2)13-19(22)24/h5-12,14H,4,13H2,1-3H3,(H2,22,24). The number of hydrogen-bond donors (Lipinski definition) is 1. The van der Waals surface area contributed by atoms with Crippen LogP contribution >= 0.6 is 0 Å². The topological polar surface area (TPSA) is 89.7 Å². The van der Waals surface area contributed by atoms with Gasteiger partial charge in [-0.2, -0.15) is 0 Å². The monoisotopic (exact) mass is 368 g/mol. The lowest BCUT2D eigenvalue weighted by Gasteiger charge is -2.24. The number of nitrogens with two attached hydrogens (primary N) is 1. The molecular formula is C21H24N2O4. The number of carbonyl (C=O) groups excluding carboxylic acids is 3. The van der Waals surface area contributed by atoms with Crippen LogP contribution in [-0.2, 0) is 9.53 Å². The first-order valence-electron chi connectivity index (χ1n) is 8.76. The maximum absolute atomic E-state index is 12.5. The van der Waals surface area contributed by atoms with Gasteiger partial charge in [0.2, 0.25) is 5.91 Å². The van der Waals surface area contributed by atoms with Crippen LogP contribution in [-0.4, -0.2) is 42.4 Å². The average molecular weight is 368 g/mol. The Hall–Kier alpha value is -3.15. The summed E-state index contributed by atoms with van der Waals surface area (Å²) in [4.78, 5) is 36.8. The van der Waals surface area contributed by atoms with Crippen LogP contribution in [0.1, 0.15) is 41.0 Å². The van der Waals surface area contributed by atoms with Gasteiger partial charge < -0.3 is 15.4 Å². The Morgan fingerprint density at radius 3 is 1.89 bits per heavy atom. The predicted molar refractivity (Wildman–Crippen MR) is 103 cm³/mol. The number of benzene rings is 2. The molecule has 0 saturated carbocycles. The Balaban J connectivity index is 2.11. The third-order valence-corrected chi connectivity index (χ3v) is 4.34. The molecule has 0 aliphatic carbocycles. The predicted octanol–water partition coefficient (Wildman–Crippen LogP) is 2.87.